The van der Waals surface area contributed by atoms with Gasteiger partial charge < -0.3 is 5.32 Å². The van der Waals surface area contributed by atoms with Gasteiger partial charge in [0.05, 0.1) is 10.4 Å². The molecule has 5 heteroatoms. The number of Topliss-reactive ketones (excluding diaryl/α,β-unsaturated/α-hetero) is 1. The van der Waals surface area contributed by atoms with Crippen LogP contribution in [0.1, 0.15) is 11.5 Å². The minimum Gasteiger partial charge on any atom is -0.384 e. The van der Waals surface area contributed by atoms with Crippen LogP contribution in [0.15, 0.2) is 16.6 Å². The lowest BCUT2D eigenvalue weighted by Gasteiger charge is -2.05. The predicted molar refractivity (Wildman–Crippen MR) is 56.4 cm³/mol. The summed E-state index contributed by atoms with van der Waals surface area (Å²) in [7, 11) is 0. The average Bonchev–Trinajstić information content (AvgIpc) is 2.61. The lowest BCUT2D eigenvalue weighted by atomic mass is 9.97. The fourth-order valence-electron chi connectivity index (χ4n) is 1.66. The Morgan fingerprint density at radius 2 is 2.33 bits per heavy atom. The van der Waals surface area contributed by atoms with Crippen LogP contribution >= 0.6 is 15.9 Å². The number of rotatable bonds is 2. The number of hydrogen-bond donors (Lipinski definition) is 1. The Labute approximate surface area is 93.8 Å². The van der Waals surface area contributed by atoms with E-state index in [2.05, 4.69) is 21.2 Å². The van der Waals surface area contributed by atoms with Gasteiger partial charge in [0.1, 0.15) is 5.82 Å². The predicted octanol–water partition coefficient (Wildman–Crippen LogP) is 1.87. The molecule has 0 saturated carbocycles. The standard InChI is InChI=1S/C10H7BrFNO2/c11-7-1-5-6(10(15)4-14)3-13-9(5)2-8(7)12/h1-2,4,6,13H,3H2. The normalized spacial score (nSPS) is 18.1. The summed E-state index contributed by atoms with van der Waals surface area (Å²) in [5.41, 5.74) is 1.25. The minimum absolute atomic E-state index is 0.300. The maximum absolute atomic E-state index is 13.1. The third-order valence-corrected chi connectivity index (χ3v) is 3.03. The van der Waals surface area contributed by atoms with Gasteiger partial charge in [0, 0.05) is 12.2 Å². The molecule has 0 saturated heterocycles. The minimum atomic E-state index is -0.491. The van der Waals surface area contributed by atoms with Gasteiger partial charge in [-0.2, -0.15) is 0 Å². The largest absolute Gasteiger partial charge is 0.384 e. The van der Waals surface area contributed by atoms with Crippen LogP contribution in [0, 0.1) is 5.82 Å². The van der Waals surface area contributed by atoms with Crippen molar-refractivity contribution in [1.82, 2.24) is 0 Å². The molecule has 3 nitrogen and oxygen atoms in total. The number of carbonyl (C=O) groups excluding carboxylic acids is 2. The molecule has 0 amide bonds. The Hall–Kier alpha value is -1.23. The van der Waals surface area contributed by atoms with Crippen molar-refractivity contribution in [2.45, 2.75) is 5.92 Å². The first-order valence-corrected chi connectivity index (χ1v) is 5.14. The second-order valence-electron chi connectivity index (χ2n) is 3.31. The Kier molecular flexibility index (Phi) is 2.56. The third-order valence-electron chi connectivity index (χ3n) is 2.42. The average molecular weight is 272 g/mol. The molecule has 1 N–H and O–H groups in total. The first-order chi connectivity index (χ1) is 7.13. The summed E-state index contributed by atoms with van der Waals surface area (Å²) in [6, 6.07) is 2.86. The molecule has 1 aliphatic rings. The quantitative estimate of drug-likeness (QED) is 0.660. The highest BCUT2D eigenvalue weighted by atomic mass is 79.9. The van der Waals surface area contributed by atoms with E-state index in [4.69, 9.17) is 0 Å². The number of anilines is 1. The summed E-state index contributed by atoms with van der Waals surface area (Å²) in [6.07, 6.45) is 0.304. The van der Waals surface area contributed by atoms with Crippen LogP contribution in [0.25, 0.3) is 0 Å². The maximum Gasteiger partial charge on any atom is 0.204 e. The van der Waals surface area contributed by atoms with Gasteiger partial charge >= 0.3 is 0 Å². The van der Waals surface area contributed by atoms with Crippen molar-refractivity contribution >= 4 is 33.7 Å². The van der Waals surface area contributed by atoms with Crippen LogP contribution < -0.4 is 5.32 Å². The van der Waals surface area contributed by atoms with Crippen molar-refractivity contribution in [3.05, 3.63) is 28.0 Å². The monoisotopic (exact) mass is 271 g/mol. The summed E-state index contributed by atoms with van der Waals surface area (Å²) in [5.74, 6) is -1.37. The second-order valence-corrected chi connectivity index (χ2v) is 4.16. The molecular formula is C10H7BrFNO2. The van der Waals surface area contributed by atoms with Gasteiger partial charge in [-0.15, -0.1) is 0 Å². The number of carbonyl (C=O) groups is 2. The van der Waals surface area contributed by atoms with Crippen molar-refractivity contribution in [2.75, 3.05) is 11.9 Å². The van der Waals surface area contributed by atoms with Crippen molar-refractivity contribution in [2.24, 2.45) is 0 Å². The van der Waals surface area contributed by atoms with E-state index in [1.807, 2.05) is 0 Å². The number of fused-ring (bicyclic) bond motifs is 1. The highest BCUT2D eigenvalue weighted by Crippen LogP contribution is 2.35. The smallest absolute Gasteiger partial charge is 0.204 e. The van der Waals surface area contributed by atoms with Gasteiger partial charge in [-0.05, 0) is 33.6 Å². The lowest BCUT2D eigenvalue weighted by molar-refractivity contribution is -0.130. The van der Waals surface area contributed by atoms with Crippen LogP contribution in [0.3, 0.4) is 0 Å². The summed E-state index contributed by atoms with van der Waals surface area (Å²) < 4.78 is 13.4. The Bertz CT molecular complexity index is 447. The molecule has 0 aromatic heterocycles. The Morgan fingerprint density at radius 3 is 3.00 bits per heavy atom. The zero-order valence-electron chi connectivity index (χ0n) is 7.59. The molecule has 1 aliphatic heterocycles. The van der Waals surface area contributed by atoms with E-state index in [9.17, 15) is 14.0 Å². The van der Waals surface area contributed by atoms with Crippen LogP contribution in [-0.4, -0.2) is 18.6 Å². The molecule has 1 atom stereocenters. The molecule has 1 aromatic carbocycles. The number of ketones is 1. The van der Waals surface area contributed by atoms with Crippen LogP contribution in [0.2, 0.25) is 0 Å². The lowest BCUT2D eigenvalue weighted by Crippen LogP contribution is -2.15. The topological polar surface area (TPSA) is 46.2 Å². The van der Waals surface area contributed by atoms with Crippen LogP contribution in [-0.2, 0) is 9.59 Å². The van der Waals surface area contributed by atoms with Crippen molar-refractivity contribution in [1.29, 1.82) is 0 Å². The van der Waals surface area contributed by atoms with Gasteiger partial charge in [0.15, 0.2) is 6.29 Å². The summed E-state index contributed by atoms with van der Waals surface area (Å²) in [5, 5.41) is 2.89. The van der Waals surface area contributed by atoms with Crippen LogP contribution in [0.4, 0.5) is 10.1 Å². The van der Waals surface area contributed by atoms with E-state index in [-0.39, 0.29) is 5.82 Å². The van der Waals surface area contributed by atoms with Gasteiger partial charge in [0.25, 0.3) is 0 Å². The van der Waals surface area contributed by atoms with Crippen LogP contribution in [0.5, 0.6) is 0 Å². The van der Waals surface area contributed by atoms with E-state index in [1.54, 1.807) is 0 Å². The summed E-state index contributed by atoms with van der Waals surface area (Å²) in [6.45, 7) is 0.350. The first-order valence-electron chi connectivity index (χ1n) is 4.35. The number of hydrogen-bond acceptors (Lipinski definition) is 3. The van der Waals surface area contributed by atoms with Crippen molar-refractivity contribution in [3.8, 4) is 0 Å². The number of halogens is 2. The van der Waals surface area contributed by atoms with Gasteiger partial charge in [-0.1, -0.05) is 0 Å². The molecule has 2 rings (SSSR count). The zero-order valence-corrected chi connectivity index (χ0v) is 9.17. The summed E-state index contributed by atoms with van der Waals surface area (Å²) in [4.78, 5) is 21.6. The van der Waals surface area contributed by atoms with E-state index < -0.39 is 11.7 Å². The molecule has 1 unspecified atom stereocenters. The first kappa shape index (κ1) is 10.3. The Balaban J connectivity index is 2.46. The molecule has 0 aliphatic carbocycles. The number of benzene rings is 1. The van der Waals surface area contributed by atoms with E-state index in [1.165, 1.54) is 12.1 Å². The van der Waals surface area contributed by atoms with Crippen molar-refractivity contribution in [3.63, 3.8) is 0 Å². The van der Waals surface area contributed by atoms with E-state index >= 15 is 0 Å². The fraction of sp³-hybridized carbons (Fsp3) is 0.200. The summed E-state index contributed by atoms with van der Waals surface area (Å²) >= 11 is 3.04. The number of nitrogens with one attached hydrogen (secondary N) is 1. The molecular weight excluding hydrogens is 265 g/mol. The van der Waals surface area contributed by atoms with E-state index in [0.717, 1.165) is 0 Å². The second kappa shape index (κ2) is 3.73. The van der Waals surface area contributed by atoms with Gasteiger partial charge in [-0.25, -0.2) is 4.39 Å². The molecule has 0 bridgehead atoms. The third kappa shape index (κ3) is 1.67. The van der Waals surface area contributed by atoms with Gasteiger partial charge in [-0.3, -0.25) is 9.59 Å². The van der Waals surface area contributed by atoms with Crippen molar-refractivity contribution < 1.29 is 14.0 Å². The molecule has 0 radical (unpaired) electrons. The molecule has 1 heterocycles. The number of aldehydes is 1. The zero-order chi connectivity index (χ0) is 11.0. The molecule has 0 fully saturated rings. The molecule has 15 heavy (non-hydrogen) atoms. The van der Waals surface area contributed by atoms with E-state index in [0.29, 0.717) is 28.6 Å². The molecule has 0 spiro atoms. The molecule has 78 valence electrons. The highest BCUT2D eigenvalue weighted by Gasteiger charge is 2.29. The van der Waals surface area contributed by atoms with Gasteiger partial charge in [0.2, 0.25) is 5.78 Å². The maximum atomic E-state index is 13.1. The highest BCUT2D eigenvalue weighted by molar-refractivity contribution is 9.10. The fourth-order valence-corrected chi connectivity index (χ4v) is 2.02. The molecule has 1 aromatic rings. The Morgan fingerprint density at radius 1 is 1.60 bits per heavy atom. The SMILES string of the molecule is O=CC(=O)C1CNc2cc(F)c(Br)cc21.